The van der Waals surface area contributed by atoms with Gasteiger partial charge in [-0.05, 0) is 50.9 Å². The lowest BCUT2D eigenvalue weighted by Crippen LogP contribution is -2.19. The van der Waals surface area contributed by atoms with Gasteiger partial charge in [-0.1, -0.05) is 30.2 Å². The molecule has 0 fully saturated rings. The Hall–Kier alpha value is -1.06. The molecule has 0 aromatic heterocycles. The van der Waals surface area contributed by atoms with E-state index in [9.17, 15) is 4.79 Å². The molecule has 0 bridgehead atoms. The predicted octanol–water partition coefficient (Wildman–Crippen LogP) is 4.11. The van der Waals surface area contributed by atoms with E-state index in [1.807, 2.05) is 25.1 Å². The van der Waals surface area contributed by atoms with Gasteiger partial charge in [0.1, 0.15) is 0 Å². The maximum atomic E-state index is 11.2. The van der Waals surface area contributed by atoms with Gasteiger partial charge in [0.2, 0.25) is 0 Å². The SMILES string of the molecule is CCOC(=O)CCCCCN[C@@H](C)c1cccc(Cl)c1. The summed E-state index contributed by atoms with van der Waals surface area (Å²) >= 11 is 5.98. The zero-order valence-electron chi connectivity index (χ0n) is 12.3. The van der Waals surface area contributed by atoms with E-state index < -0.39 is 0 Å². The van der Waals surface area contributed by atoms with Crippen molar-refractivity contribution in [1.82, 2.24) is 5.32 Å². The van der Waals surface area contributed by atoms with Gasteiger partial charge in [-0.3, -0.25) is 4.79 Å². The van der Waals surface area contributed by atoms with Gasteiger partial charge >= 0.3 is 5.97 Å². The molecule has 0 radical (unpaired) electrons. The molecule has 1 aromatic rings. The number of halogens is 1. The molecule has 0 saturated heterocycles. The Morgan fingerprint density at radius 1 is 1.35 bits per heavy atom. The summed E-state index contributed by atoms with van der Waals surface area (Å²) in [5.41, 5.74) is 1.20. The number of carbonyl (C=O) groups excluding carboxylic acids is 1. The molecule has 112 valence electrons. The minimum Gasteiger partial charge on any atom is -0.466 e. The van der Waals surface area contributed by atoms with E-state index in [1.54, 1.807) is 0 Å². The molecule has 0 spiro atoms. The molecule has 4 heteroatoms. The van der Waals surface area contributed by atoms with Gasteiger partial charge in [-0.15, -0.1) is 0 Å². The summed E-state index contributed by atoms with van der Waals surface area (Å²) in [6.45, 7) is 5.37. The van der Waals surface area contributed by atoms with Crippen LogP contribution in [0.25, 0.3) is 0 Å². The van der Waals surface area contributed by atoms with Crippen LogP contribution < -0.4 is 5.32 Å². The zero-order chi connectivity index (χ0) is 14.8. The lowest BCUT2D eigenvalue weighted by atomic mass is 10.1. The highest BCUT2D eigenvalue weighted by atomic mass is 35.5. The maximum Gasteiger partial charge on any atom is 0.305 e. The van der Waals surface area contributed by atoms with Gasteiger partial charge in [0.15, 0.2) is 0 Å². The van der Waals surface area contributed by atoms with Crippen molar-refractivity contribution in [3.63, 3.8) is 0 Å². The molecule has 0 unspecified atom stereocenters. The first-order valence-corrected chi connectivity index (χ1v) is 7.65. The van der Waals surface area contributed by atoms with Gasteiger partial charge in [0, 0.05) is 17.5 Å². The van der Waals surface area contributed by atoms with Gasteiger partial charge in [-0.2, -0.15) is 0 Å². The fourth-order valence-corrected chi connectivity index (χ4v) is 2.22. The molecule has 1 N–H and O–H groups in total. The molecule has 1 atom stereocenters. The third kappa shape index (κ3) is 6.92. The molecule has 20 heavy (non-hydrogen) atoms. The van der Waals surface area contributed by atoms with Crippen molar-refractivity contribution in [3.05, 3.63) is 34.9 Å². The van der Waals surface area contributed by atoms with Crippen LogP contribution in [-0.2, 0) is 9.53 Å². The second-order valence-corrected chi connectivity index (χ2v) is 5.28. The molecule has 1 aromatic carbocycles. The molecule has 0 aliphatic heterocycles. The standard InChI is InChI=1S/C16H24ClNO2/c1-3-20-16(19)10-5-4-6-11-18-13(2)14-8-7-9-15(17)12-14/h7-9,12-13,18H,3-6,10-11H2,1-2H3/t13-/m0/s1. The van der Waals surface area contributed by atoms with E-state index in [0.29, 0.717) is 19.1 Å². The average molecular weight is 298 g/mol. The summed E-state index contributed by atoms with van der Waals surface area (Å²) in [5, 5.41) is 4.23. The molecule has 0 heterocycles. The van der Waals surface area contributed by atoms with Crippen LogP contribution in [0, 0.1) is 0 Å². The summed E-state index contributed by atoms with van der Waals surface area (Å²) in [6.07, 6.45) is 3.52. The molecule has 0 saturated carbocycles. The number of hydrogen-bond acceptors (Lipinski definition) is 3. The van der Waals surface area contributed by atoms with Crippen LogP contribution in [0.4, 0.5) is 0 Å². The number of esters is 1. The first-order chi connectivity index (χ1) is 9.63. The first kappa shape index (κ1) is 17.0. The summed E-state index contributed by atoms with van der Waals surface area (Å²) in [6, 6.07) is 8.20. The number of rotatable bonds is 9. The molecule has 0 aliphatic carbocycles. The van der Waals surface area contributed by atoms with Gasteiger partial charge in [-0.25, -0.2) is 0 Å². The van der Waals surface area contributed by atoms with E-state index in [4.69, 9.17) is 16.3 Å². The van der Waals surface area contributed by atoms with Crippen molar-refractivity contribution in [2.45, 2.75) is 45.6 Å². The van der Waals surface area contributed by atoms with Crippen LogP contribution in [0.2, 0.25) is 5.02 Å². The Kier molecular flexibility index (Phi) is 8.31. The van der Waals surface area contributed by atoms with E-state index in [-0.39, 0.29) is 5.97 Å². The Morgan fingerprint density at radius 2 is 2.15 bits per heavy atom. The van der Waals surface area contributed by atoms with Crippen LogP contribution >= 0.6 is 11.6 Å². The number of unbranched alkanes of at least 4 members (excludes halogenated alkanes) is 2. The Balaban J connectivity index is 2.11. The lowest BCUT2D eigenvalue weighted by Gasteiger charge is -2.14. The number of hydrogen-bond donors (Lipinski definition) is 1. The van der Waals surface area contributed by atoms with Crippen molar-refractivity contribution in [2.75, 3.05) is 13.2 Å². The summed E-state index contributed by atoms with van der Waals surface area (Å²) < 4.78 is 4.89. The van der Waals surface area contributed by atoms with E-state index in [0.717, 1.165) is 30.8 Å². The first-order valence-electron chi connectivity index (χ1n) is 7.28. The van der Waals surface area contributed by atoms with E-state index in [2.05, 4.69) is 18.3 Å². The molecule has 3 nitrogen and oxygen atoms in total. The van der Waals surface area contributed by atoms with Gasteiger partial charge in [0.05, 0.1) is 6.61 Å². The highest BCUT2D eigenvalue weighted by Gasteiger charge is 2.05. The van der Waals surface area contributed by atoms with Crippen molar-refractivity contribution in [2.24, 2.45) is 0 Å². The highest BCUT2D eigenvalue weighted by molar-refractivity contribution is 6.30. The third-order valence-corrected chi connectivity index (χ3v) is 3.40. The largest absolute Gasteiger partial charge is 0.466 e. The quantitative estimate of drug-likeness (QED) is 0.550. The minimum absolute atomic E-state index is 0.0900. The second kappa shape index (κ2) is 9.78. The van der Waals surface area contributed by atoms with Crippen LogP contribution in [0.5, 0.6) is 0 Å². The second-order valence-electron chi connectivity index (χ2n) is 4.85. The smallest absolute Gasteiger partial charge is 0.305 e. The van der Waals surface area contributed by atoms with Crippen LogP contribution in [0.15, 0.2) is 24.3 Å². The molecule has 0 aliphatic rings. The van der Waals surface area contributed by atoms with E-state index >= 15 is 0 Å². The highest BCUT2D eigenvalue weighted by Crippen LogP contribution is 2.17. The molecule has 0 amide bonds. The topological polar surface area (TPSA) is 38.3 Å². The average Bonchev–Trinajstić information content (AvgIpc) is 2.42. The van der Waals surface area contributed by atoms with Gasteiger partial charge in [0.25, 0.3) is 0 Å². The number of ether oxygens (including phenoxy) is 1. The summed E-state index contributed by atoms with van der Waals surface area (Å²) in [5.74, 6) is -0.0900. The normalized spacial score (nSPS) is 12.2. The van der Waals surface area contributed by atoms with Crippen molar-refractivity contribution in [1.29, 1.82) is 0 Å². The van der Waals surface area contributed by atoms with Gasteiger partial charge < -0.3 is 10.1 Å². The third-order valence-electron chi connectivity index (χ3n) is 3.16. The van der Waals surface area contributed by atoms with Crippen LogP contribution in [-0.4, -0.2) is 19.1 Å². The Labute approximate surface area is 126 Å². The van der Waals surface area contributed by atoms with Crippen molar-refractivity contribution in [3.8, 4) is 0 Å². The van der Waals surface area contributed by atoms with E-state index in [1.165, 1.54) is 5.56 Å². The van der Waals surface area contributed by atoms with Crippen molar-refractivity contribution < 1.29 is 9.53 Å². The van der Waals surface area contributed by atoms with Crippen LogP contribution in [0.3, 0.4) is 0 Å². The number of nitrogens with one attached hydrogen (secondary N) is 1. The molecular formula is C16H24ClNO2. The number of benzene rings is 1. The molecular weight excluding hydrogens is 274 g/mol. The maximum absolute atomic E-state index is 11.2. The number of carbonyl (C=O) groups is 1. The summed E-state index contributed by atoms with van der Waals surface area (Å²) in [4.78, 5) is 11.2. The summed E-state index contributed by atoms with van der Waals surface area (Å²) in [7, 11) is 0. The minimum atomic E-state index is -0.0900. The zero-order valence-corrected chi connectivity index (χ0v) is 13.1. The Bertz CT molecular complexity index is 409. The molecule has 1 rings (SSSR count). The fraction of sp³-hybridized carbons (Fsp3) is 0.562. The predicted molar refractivity (Wildman–Crippen MR) is 83.0 cm³/mol. The van der Waals surface area contributed by atoms with Crippen LogP contribution in [0.1, 0.15) is 51.1 Å². The monoisotopic (exact) mass is 297 g/mol. The fourth-order valence-electron chi connectivity index (χ4n) is 2.02. The van der Waals surface area contributed by atoms with Crippen molar-refractivity contribution >= 4 is 17.6 Å². The Morgan fingerprint density at radius 3 is 2.85 bits per heavy atom. The lowest BCUT2D eigenvalue weighted by molar-refractivity contribution is -0.143.